The highest BCUT2D eigenvalue weighted by Crippen LogP contribution is 2.16. The second-order valence-electron chi connectivity index (χ2n) is 3.38. The Kier molecular flexibility index (Phi) is 5.28. The fourth-order valence-corrected chi connectivity index (χ4v) is 2.15. The van der Waals surface area contributed by atoms with E-state index in [2.05, 4.69) is 0 Å². The molecule has 1 aromatic rings. The number of aliphatic carboxylic acids is 1. The molecule has 0 aliphatic rings. The summed E-state index contributed by atoms with van der Waals surface area (Å²) in [5, 5.41) is 8.55. The normalized spacial score (nSPS) is 12.4. The van der Waals surface area contributed by atoms with E-state index in [1.807, 2.05) is 0 Å². The maximum absolute atomic E-state index is 13.2. The van der Waals surface area contributed by atoms with Gasteiger partial charge in [0.1, 0.15) is 11.9 Å². The summed E-state index contributed by atoms with van der Waals surface area (Å²) in [6, 6.07) is 5.73. The third-order valence-corrected chi connectivity index (χ3v) is 3.15. The molecule has 0 unspecified atom stereocenters. The van der Waals surface area contributed by atoms with Crippen LogP contribution in [0.15, 0.2) is 24.3 Å². The van der Waals surface area contributed by atoms with E-state index in [9.17, 15) is 9.18 Å². The maximum Gasteiger partial charge on any atom is 0.320 e. The van der Waals surface area contributed by atoms with Gasteiger partial charge in [0.05, 0.1) is 0 Å². The molecular formula is C11H14FNO2S. The molecule has 1 atom stereocenters. The molecule has 16 heavy (non-hydrogen) atoms. The van der Waals surface area contributed by atoms with Crippen LogP contribution >= 0.6 is 11.8 Å². The lowest BCUT2D eigenvalue weighted by Gasteiger charge is -2.06. The van der Waals surface area contributed by atoms with Crippen molar-refractivity contribution >= 4 is 17.7 Å². The number of hydrogen-bond donors (Lipinski definition) is 2. The third kappa shape index (κ3) is 4.20. The molecule has 0 aromatic heterocycles. The topological polar surface area (TPSA) is 63.3 Å². The van der Waals surface area contributed by atoms with Gasteiger partial charge in [-0.25, -0.2) is 4.39 Å². The van der Waals surface area contributed by atoms with E-state index in [1.165, 1.54) is 17.8 Å². The Morgan fingerprint density at radius 1 is 1.50 bits per heavy atom. The molecular weight excluding hydrogens is 229 g/mol. The van der Waals surface area contributed by atoms with Crippen LogP contribution in [-0.2, 0) is 10.5 Å². The number of thioether (sulfide) groups is 1. The Morgan fingerprint density at radius 2 is 2.19 bits per heavy atom. The van der Waals surface area contributed by atoms with Crippen LogP contribution in [-0.4, -0.2) is 22.9 Å². The second-order valence-corrected chi connectivity index (χ2v) is 4.48. The summed E-state index contributed by atoms with van der Waals surface area (Å²) < 4.78 is 13.2. The van der Waals surface area contributed by atoms with Gasteiger partial charge in [-0.1, -0.05) is 18.2 Å². The molecule has 5 heteroatoms. The highest BCUT2D eigenvalue weighted by molar-refractivity contribution is 7.98. The molecule has 0 fully saturated rings. The van der Waals surface area contributed by atoms with Crippen LogP contribution in [0, 0.1) is 5.82 Å². The van der Waals surface area contributed by atoms with E-state index in [-0.39, 0.29) is 5.82 Å². The maximum atomic E-state index is 13.2. The summed E-state index contributed by atoms with van der Waals surface area (Å²) >= 11 is 1.48. The van der Waals surface area contributed by atoms with Gasteiger partial charge in [0.15, 0.2) is 0 Å². The van der Waals surface area contributed by atoms with E-state index in [0.717, 1.165) is 0 Å². The summed E-state index contributed by atoms with van der Waals surface area (Å²) in [5.41, 5.74) is 5.97. The summed E-state index contributed by atoms with van der Waals surface area (Å²) in [6.07, 6.45) is 0.397. The number of carbonyl (C=O) groups is 1. The van der Waals surface area contributed by atoms with Crippen molar-refractivity contribution in [2.45, 2.75) is 18.2 Å². The van der Waals surface area contributed by atoms with Gasteiger partial charge in [-0.2, -0.15) is 11.8 Å². The quantitative estimate of drug-likeness (QED) is 0.749. The molecule has 0 saturated carbocycles. The Balaban J connectivity index is 2.26. The average molecular weight is 243 g/mol. The van der Waals surface area contributed by atoms with Crippen LogP contribution in [0.3, 0.4) is 0 Å². The van der Waals surface area contributed by atoms with Crippen LogP contribution in [0.25, 0.3) is 0 Å². The van der Waals surface area contributed by atoms with Gasteiger partial charge in [-0.15, -0.1) is 0 Å². The molecule has 0 radical (unpaired) electrons. The van der Waals surface area contributed by atoms with E-state index in [1.54, 1.807) is 18.2 Å². The van der Waals surface area contributed by atoms with Crippen molar-refractivity contribution < 1.29 is 14.3 Å². The summed E-state index contributed by atoms with van der Waals surface area (Å²) in [6.45, 7) is 0. The van der Waals surface area contributed by atoms with Crippen molar-refractivity contribution in [1.29, 1.82) is 0 Å². The minimum Gasteiger partial charge on any atom is -0.480 e. The number of benzene rings is 1. The summed E-state index contributed by atoms with van der Waals surface area (Å²) in [7, 11) is 0. The fraction of sp³-hybridized carbons (Fsp3) is 0.364. The van der Waals surface area contributed by atoms with E-state index in [0.29, 0.717) is 23.5 Å². The number of hydrogen-bond acceptors (Lipinski definition) is 3. The standard InChI is InChI=1S/C11H14FNO2S/c12-9-4-2-1-3-8(9)7-16-6-5-10(13)11(14)15/h1-4,10H,5-7,13H2,(H,14,15)/t10-/m0/s1. The van der Waals surface area contributed by atoms with Crippen molar-refractivity contribution in [2.75, 3.05) is 5.75 Å². The number of halogens is 1. The van der Waals surface area contributed by atoms with Crippen molar-refractivity contribution in [3.63, 3.8) is 0 Å². The van der Waals surface area contributed by atoms with Gasteiger partial charge in [-0.05, 0) is 23.8 Å². The van der Waals surface area contributed by atoms with Crippen LogP contribution in [0.2, 0.25) is 0 Å². The molecule has 0 bridgehead atoms. The largest absolute Gasteiger partial charge is 0.480 e. The first-order chi connectivity index (χ1) is 7.61. The molecule has 3 nitrogen and oxygen atoms in total. The Morgan fingerprint density at radius 3 is 2.81 bits per heavy atom. The lowest BCUT2D eigenvalue weighted by Crippen LogP contribution is -2.30. The number of rotatable bonds is 6. The van der Waals surface area contributed by atoms with Crippen LogP contribution in [0.4, 0.5) is 4.39 Å². The minimum absolute atomic E-state index is 0.225. The zero-order valence-corrected chi connectivity index (χ0v) is 9.54. The van der Waals surface area contributed by atoms with E-state index < -0.39 is 12.0 Å². The Bertz CT molecular complexity index is 360. The lowest BCUT2D eigenvalue weighted by molar-refractivity contribution is -0.138. The highest BCUT2D eigenvalue weighted by atomic mass is 32.2. The smallest absolute Gasteiger partial charge is 0.320 e. The van der Waals surface area contributed by atoms with Gasteiger partial charge in [-0.3, -0.25) is 4.79 Å². The first-order valence-corrected chi connectivity index (χ1v) is 6.06. The molecule has 0 spiro atoms. The molecule has 0 amide bonds. The zero-order chi connectivity index (χ0) is 12.0. The predicted molar refractivity (Wildman–Crippen MR) is 62.8 cm³/mol. The predicted octanol–water partition coefficient (Wildman–Crippen LogP) is 1.86. The monoisotopic (exact) mass is 243 g/mol. The molecule has 1 rings (SSSR count). The summed E-state index contributed by atoms with van der Waals surface area (Å²) in [5.74, 6) is -0.0649. The Labute approximate surface area is 97.8 Å². The van der Waals surface area contributed by atoms with Crippen LogP contribution in [0.1, 0.15) is 12.0 Å². The van der Waals surface area contributed by atoms with E-state index in [4.69, 9.17) is 10.8 Å². The van der Waals surface area contributed by atoms with Gasteiger partial charge < -0.3 is 10.8 Å². The van der Waals surface area contributed by atoms with Crippen molar-refractivity contribution in [3.8, 4) is 0 Å². The lowest BCUT2D eigenvalue weighted by atomic mass is 10.2. The molecule has 88 valence electrons. The molecule has 1 aromatic carbocycles. The molecule has 0 aliphatic heterocycles. The van der Waals surface area contributed by atoms with Gasteiger partial charge in [0, 0.05) is 5.75 Å². The molecule has 0 heterocycles. The SMILES string of the molecule is N[C@@H](CCSCc1ccccc1F)C(=O)O. The van der Waals surface area contributed by atoms with E-state index >= 15 is 0 Å². The Hall–Kier alpha value is -1.07. The zero-order valence-electron chi connectivity index (χ0n) is 8.73. The number of nitrogens with two attached hydrogens (primary N) is 1. The molecule has 0 aliphatic carbocycles. The fourth-order valence-electron chi connectivity index (χ4n) is 1.13. The first kappa shape index (κ1) is 13.0. The van der Waals surface area contributed by atoms with Crippen molar-refractivity contribution in [2.24, 2.45) is 5.73 Å². The minimum atomic E-state index is -0.994. The number of carboxylic acids is 1. The summed E-state index contributed by atoms with van der Waals surface area (Å²) in [4.78, 5) is 10.4. The van der Waals surface area contributed by atoms with Gasteiger partial charge in [0.25, 0.3) is 0 Å². The second kappa shape index (κ2) is 6.50. The third-order valence-electron chi connectivity index (χ3n) is 2.11. The van der Waals surface area contributed by atoms with Crippen molar-refractivity contribution in [3.05, 3.63) is 35.6 Å². The van der Waals surface area contributed by atoms with Crippen molar-refractivity contribution in [1.82, 2.24) is 0 Å². The molecule has 0 saturated heterocycles. The van der Waals surface area contributed by atoms with Crippen LogP contribution < -0.4 is 5.73 Å². The molecule has 3 N–H and O–H groups in total. The number of carboxylic acid groups (broad SMARTS) is 1. The van der Waals surface area contributed by atoms with Gasteiger partial charge in [0.2, 0.25) is 0 Å². The van der Waals surface area contributed by atoms with Gasteiger partial charge >= 0.3 is 5.97 Å². The highest BCUT2D eigenvalue weighted by Gasteiger charge is 2.10. The average Bonchev–Trinajstić information content (AvgIpc) is 2.26. The van der Waals surface area contributed by atoms with Crippen LogP contribution in [0.5, 0.6) is 0 Å². The first-order valence-electron chi connectivity index (χ1n) is 4.91.